The average molecular weight is 242 g/mol. The first-order valence-electron chi connectivity index (χ1n) is 6.12. The van der Waals surface area contributed by atoms with Crippen molar-refractivity contribution in [2.24, 2.45) is 5.73 Å². The van der Waals surface area contributed by atoms with E-state index in [4.69, 9.17) is 5.73 Å². The quantitative estimate of drug-likeness (QED) is 0.741. The van der Waals surface area contributed by atoms with Crippen LogP contribution in [0.5, 0.6) is 0 Å². The van der Waals surface area contributed by atoms with Crippen molar-refractivity contribution < 1.29 is 0 Å². The van der Waals surface area contributed by atoms with E-state index in [9.17, 15) is 0 Å². The van der Waals surface area contributed by atoms with Crippen molar-refractivity contribution in [3.8, 4) is 0 Å². The lowest BCUT2D eigenvalue weighted by molar-refractivity contribution is 0.581. The normalized spacial score (nSPS) is 11.9. The number of hydrogen-bond acceptors (Lipinski definition) is 1. The number of hydrogen-bond donors (Lipinski definition) is 1. The summed E-state index contributed by atoms with van der Waals surface area (Å²) in [6, 6.07) is 8.96. The van der Waals surface area contributed by atoms with Crippen molar-refractivity contribution in [2.75, 3.05) is 0 Å². The molecular formula is C14H24ClN. The zero-order valence-corrected chi connectivity index (χ0v) is 11.2. The number of halogens is 1. The number of rotatable bonds is 6. The van der Waals surface area contributed by atoms with Gasteiger partial charge >= 0.3 is 0 Å². The largest absolute Gasteiger partial charge is 0.324 e. The molecule has 0 aliphatic rings. The highest BCUT2D eigenvalue weighted by Crippen LogP contribution is 2.17. The molecule has 0 aliphatic carbocycles. The van der Waals surface area contributed by atoms with Crippen LogP contribution in [0.4, 0.5) is 0 Å². The summed E-state index contributed by atoms with van der Waals surface area (Å²) in [6.45, 7) is 4.40. The van der Waals surface area contributed by atoms with Gasteiger partial charge in [-0.15, -0.1) is 12.4 Å². The summed E-state index contributed by atoms with van der Waals surface area (Å²) < 4.78 is 0. The predicted molar refractivity (Wildman–Crippen MR) is 74.1 cm³/mol. The molecule has 0 unspecified atom stereocenters. The minimum atomic E-state index is 0. The van der Waals surface area contributed by atoms with E-state index < -0.39 is 0 Å². The minimum absolute atomic E-state index is 0. The Balaban J connectivity index is 0.00000225. The van der Waals surface area contributed by atoms with Crippen LogP contribution in [0.1, 0.15) is 56.7 Å². The van der Waals surface area contributed by atoms with Gasteiger partial charge in [-0.05, 0) is 24.0 Å². The summed E-state index contributed by atoms with van der Waals surface area (Å²) in [4.78, 5) is 0. The molecular weight excluding hydrogens is 218 g/mol. The number of benzene rings is 1. The maximum absolute atomic E-state index is 6.13. The fourth-order valence-corrected chi connectivity index (χ4v) is 1.78. The third-order valence-corrected chi connectivity index (χ3v) is 2.93. The van der Waals surface area contributed by atoms with Gasteiger partial charge in [0.05, 0.1) is 0 Å². The van der Waals surface area contributed by atoms with E-state index in [1.165, 1.54) is 30.4 Å². The summed E-state index contributed by atoms with van der Waals surface area (Å²) in [5, 5.41) is 0. The van der Waals surface area contributed by atoms with Gasteiger partial charge in [-0.1, -0.05) is 57.4 Å². The molecule has 2 N–H and O–H groups in total. The minimum Gasteiger partial charge on any atom is -0.324 e. The number of unbranched alkanes of at least 4 members (excludes halogenated alkanes) is 2. The molecule has 0 aromatic heterocycles. The van der Waals surface area contributed by atoms with Crippen LogP contribution >= 0.6 is 12.4 Å². The first-order valence-corrected chi connectivity index (χ1v) is 6.12. The maximum Gasteiger partial charge on any atom is 0.0294 e. The van der Waals surface area contributed by atoms with Crippen LogP contribution in [0.2, 0.25) is 0 Å². The topological polar surface area (TPSA) is 26.0 Å². The molecule has 1 rings (SSSR count). The highest BCUT2D eigenvalue weighted by Gasteiger charge is 2.04. The standard InChI is InChI=1S/C14H23N.ClH/c1-3-5-6-7-14(15)13-10-8-12(4-2)9-11-13;/h8-11,14H,3-7,15H2,1-2H3;1H/t14-;/m0./s1. The van der Waals surface area contributed by atoms with Gasteiger partial charge < -0.3 is 5.73 Å². The second-order valence-corrected chi connectivity index (χ2v) is 4.20. The van der Waals surface area contributed by atoms with E-state index >= 15 is 0 Å². The second kappa shape index (κ2) is 8.60. The van der Waals surface area contributed by atoms with Gasteiger partial charge in [-0.2, -0.15) is 0 Å². The summed E-state index contributed by atoms with van der Waals surface area (Å²) in [5.41, 5.74) is 8.80. The lowest BCUT2D eigenvalue weighted by atomic mass is 10.00. The lowest BCUT2D eigenvalue weighted by Gasteiger charge is -2.12. The Kier molecular flexibility index (Phi) is 8.32. The van der Waals surface area contributed by atoms with E-state index in [1.54, 1.807) is 0 Å². The number of nitrogens with two attached hydrogens (primary N) is 1. The van der Waals surface area contributed by atoms with Crippen molar-refractivity contribution in [2.45, 2.75) is 52.0 Å². The molecule has 2 heteroatoms. The molecule has 1 aromatic carbocycles. The van der Waals surface area contributed by atoms with Crippen LogP contribution in [0, 0.1) is 0 Å². The van der Waals surface area contributed by atoms with Gasteiger partial charge in [-0.25, -0.2) is 0 Å². The van der Waals surface area contributed by atoms with Gasteiger partial charge in [0, 0.05) is 6.04 Å². The molecule has 0 heterocycles. The van der Waals surface area contributed by atoms with Crippen LogP contribution < -0.4 is 5.73 Å². The first-order chi connectivity index (χ1) is 7.27. The zero-order chi connectivity index (χ0) is 11.1. The van der Waals surface area contributed by atoms with Crippen LogP contribution in [0.3, 0.4) is 0 Å². The molecule has 0 saturated carbocycles. The molecule has 16 heavy (non-hydrogen) atoms. The Labute approximate surface area is 106 Å². The van der Waals surface area contributed by atoms with Crippen molar-refractivity contribution >= 4 is 12.4 Å². The Morgan fingerprint density at radius 1 is 1.06 bits per heavy atom. The zero-order valence-electron chi connectivity index (χ0n) is 10.4. The van der Waals surface area contributed by atoms with Gasteiger partial charge in [0.25, 0.3) is 0 Å². The third kappa shape index (κ3) is 5.00. The van der Waals surface area contributed by atoms with Gasteiger partial charge in [-0.3, -0.25) is 0 Å². The summed E-state index contributed by atoms with van der Waals surface area (Å²) in [6.07, 6.45) is 6.01. The van der Waals surface area contributed by atoms with Gasteiger partial charge in [0.2, 0.25) is 0 Å². The van der Waals surface area contributed by atoms with Crippen molar-refractivity contribution in [1.82, 2.24) is 0 Å². The fraction of sp³-hybridized carbons (Fsp3) is 0.571. The highest BCUT2D eigenvalue weighted by molar-refractivity contribution is 5.85. The van der Waals surface area contributed by atoms with Crippen LogP contribution in [0.15, 0.2) is 24.3 Å². The average Bonchev–Trinajstić information content (AvgIpc) is 2.29. The molecule has 0 spiro atoms. The highest BCUT2D eigenvalue weighted by atomic mass is 35.5. The van der Waals surface area contributed by atoms with E-state index in [1.807, 2.05) is 0 Å². The maximum atomic E-state index is 6.13. The van der Waals surface area contributed by atoms with Gasteiger partial charge in [0.15, 0.2) is 0 Å². The van der Waals surface area contributed by atoms with E-state index in [0.29, 0.717) is 0 Å². The molecule has 1 atom stereocenters. The van der Waals surface area contributed by atoms with E-state index in [2.05, 4.69) is 38.1 Å². The molecule has 0 aliphatic heterocycles. The molecule has 0 bridgehead atoms. The first kappa shape index (κ1) is 15.5. The SMILES string of the molecule is CCCCC[C@H](N)c1ccc(CC)cc1.Cl. The van der Waals surface area contributed by atoms with Crippen molar-refractivity contribution in [3.63, 3.8) is 0 Å². The Morgan fingerprint density at radius 3 is 2.19 bits per heavy atom. The van der Waals surface area contributed by atoms with E-state index in [0.717, 1.165) is 12.8 Å². The fourth-order valence-electron chi connectivity index (χ4n) is 1.78. The monoisotopic (exact) mass is 241 g/mol. The smallest absolute Gasteiger partial charge is 0.0294 e. The summed E-state index contributed by atoms with van der Waals surface area (Å²) in [7, 11) is 0. The molecule has 0 radical (unpaired) electrons. The lowest BCUT2D eigenvalue weighted by Crippen LogP contribution is -2.09. The molecule has 0 fully saturated rings. The third-order valence-electron chi connectivity index (χ3n) is 2.93. The number of aryl methyl sites for hydroxylation is 1. The molecule has 0 amide bonds. The van der Waals surface area contributed by atoms with Crippen LogP contribution in [0.25, 0.3) is 0 Å². The Morgan fingerprint density at radius 2 is 1.69 bits per heavy atom. The summed E-state index contributed by atoms with van der Waals surface area (Å²) >= 11 is 0. The molecule has 1 aromatic rings. The summed E-state index contributed by atoms with van der Waals surface area (Å²) in [5.74, 6) is 0. The van der Waals surface area contributed by atoms with Gasteiger partial charge in [0.1, 0.15) is 0 Å². The van der Waals surface area contributed by atoms with Crippen LogP contribution in [-0.4, -0.2) is 0 Å². The van der Waals surface area contributed by atoms with Crippen LogP contribution in [-0.2, 0) is 6.42 Å². The molecule has 92 valence electrons. The van der Waals surface area contributed by atoms with Crippen molar-refractivity contribution in [1.29, 1.82) is 0 Å². The van der Waals surface area contributed by atoms with E-state index in [-0.39, 0.29) is 18.4 Å². The Bertz CT molecular complexity index is 269. The van der Waals surface area contributed by atoms with Crippen molar-refractivity contribution in [3.05, 3.63) is 35.4 Å². The predicted octanol–water partition coefficient (Wildman–Crippen LogP) is 4.25. The molecule has 0 saturated heterocycles. The molecule has 1 nitrogen and oxygen atoms in total. The second-order valence-electron chi connectivity index (χ2n) is 4.20. The Hall–Kier alpha value is -0.530.